The van der Waals surface area contributed by atoms with E-state index in [4.69, 9.17) is 16.1 Å². The second-order valence-electron chi connectivity index (χ2n) is 5.28. The van der Waals surface area contributed by atoms with Crippen LogP contribution in [0.15, 0.2) is 53.1 Å². The number of amides is 1. The first-order valence-corrected chi connectivity index (χ1v) is 7.75. The van der Waals surface area contributed by atoms with Crippen LogP contribution in [0.5, 0.6) is 0 Å². The fourth-order valence-electron chi connectivity index (χ4n) is 2.14. The van der Waals surface area contributed by atoms with Crippen LogP contribution in [0.1, 0.15) is 21.8 Å². The Morgan fingerprint density at radius 1 is 1.15 bits per heavy atom. The van der Waals surface area contributed by atoms with E-state index in [1.54, 1.807) is 24.3 Å². The number of carbonyl (C=O) groups excluding carboxylic acids is 1. The van der Waals surface area contributed by atoms with E-state index in [0.29, 0.717) is 16.4 Å². The van der Waals surface area contributed by atoms with Crippen molar-refractivity contribution in [3.05, 3.63) is 70.6 Å². The summed E-state index contributed by atoms with van der Waals surface area (Å²) in [5.74, 6) is -0.0900. The first-order valence-electron chi connectivity index (χ1n) is 7.37. The number of rotatable bonds is 4. The van der Waals surface area contributed by atoms with Crippen molar-refractivity contribution in [1.29, 1.82) is 0 Å². The molecule has 3 aromatic rings. The first-order chi connectivity index (χ1) is 12.3. The summed E-state index contributed by atoms with van der Waals surface area (Å²) in [7, 11) is 0. The summed E-state index contributed by atoms with van der Waals surface area (Å²) in [4.78, 5) is 16.1. The summed E-state index contributed by atoms with van der Waals surface area (Å²) >= 11 is 5.90. The quantitative estimate of drug-likeness (QED) is 0.730. The average Bonchev–Trinajstić information content (AvgIpc) is 3.08. The Hall–Kier alpha value is -2.87. The van der Waals surface area contributed by atoms with Crippen LogP contribution in [-0.4, -0.2) is 16.0 Å². The molecule has 0 aliphatic carbocycles. The molecule has 26 heavy (non-hydrogen) atoms. The standard InChI is InChI=1S/C17H11ClF3N3O2/c18-13-3-1-2-11(8-13)15-23-14(26-24-15)9-22-16(25)10-4-6-12(7-5-10)17(19,20)21/h1-8H,9H2,(H,22,25). The number of nitrogens with one attached hydrogen (secondary N) is 1. The fourth-order valence-corrected chi connectivity index (χ4v) is 2.33. The number of aromatic nitrogens is 2. The van der Waals surface area contributed by atoms with Gasteiger partial charge >= 0.3 is 6.18 Å². The van der Waals surface area contributed by atoms with Crippen molar-refractivity contribution in [3.8, 4) is 11.4 Å². The Kier molecular flexibility index (Phi) is 4.94. The predicted octanol–water partition coefficient (Wildman–Crippen LogP) is 4.34. The molecule has 0 fully saturated rings. The minimum Gasteiger partial charge on any atom is -0.343 e. The first kappa shape index (κ1) is 17.9. The van der Waals surface area contributed by atoms with Gasteiger partial charge in [0.1, 0.15) is 0 Å². The van der Waals surface area contributed by atoms with Gasteiger partial charge in [-0.3, -0.25) is 4.79 Å². The van der Waals surface area contributed by atoms with Gasteiger partial charge < -0.3 is 9.84 Å². The average molecular weight is 382 g/mol. The van der Waals surface area contributed by atoms with Crippen molar-refractivity contribution in [2.24, 2.45) is 0 Å². The van der Waals surface area contributed by atoms with Crippen molar-refractivity contribution in [2.75, 3.05) is 0 Å². The number of carbonyl (C=O) groups is 1. The third-order valence-corrected chi connectivity index (χ3v) is 3.66. The second-order valence-corrected chi connectivity index (χ2v) is 5.72. The molecule has 5 nitrogen and oxygen atoms in total. The Morgan fingerprint density at radius 2 is 1.88 bits per heavy atom. The Morgan fingerprint density at radius 3 is 2.54 bits per heavy atom. The topological polar surface area (TPSA) is 68.0 Å². The molecule has 0 unspecified atom stereocenters. The normalized spacial score (nSPS) is 11.4. The van der Waals surface area contributed by atoms with Crippen molar-refractivity contribution < 1.29 is 22.5 Å². The smallest absolute Gasteiger partial charge is 0.343 e. The van der Waals surface area contributed by atoms with Gasteiger partial charge in [-0.2, -0.15) is 18.2 Å². The van der Waals surface area contributed by atoms with E-state index < -0.39 is 17.6 Å². The highest BCUT2D eigenvalue weighted by molar-refractivity contribution is 6.30. The molecule has 2 aromatic carbocycles. The predicted molar refractivity (Wildman–Crippen MR) is 87.4 cm³/mol. The molecule has 0 aliphatic heterocycles. The molecule has 0 spiro atoms. The minimum absolute atomic E-state index is 0.0621. The summed E-state index contributed by atoms with van der Waals surface area (Å²) in [6, 6.07) is 10.7. The number of halogens is 4. The third kappa shape index (κ3) is 4.20. The maximum absolute atomic E-state index is 12.5. The van der Waals surface area contributed by atoms with E-state index in [1.807, 2.05) is 0 Å². The van der Waals surface area contributed by atoms with Crippen LogP contribution < -0.4 is 5.32 Å². The fraction of sp³-hybridized carbons (Fsp3) is 0.118. The molecule has 9 heteroatoms. The molecule has 0 saturated heterocycles. The Bertz CT molecular complexity index is 924. The lowest BCUT2D eigenvalue weighted by atomic mass is 10.1. The monoisotopic (exact) mass is 381 g/mol. The van der Waals surface area contributed by atoms with Gasteiger partial charge in [-0.25, -0.2) is 0 Å². The number of benzene rings is 2. The van der Waals surface area contributed by atoms with Gasteiger partial charge in [0.2, 0.25) is 11.7 Å². The van der Waals surface area contributed by atoms with Crippen molar-refractivity contribution in [2.45, 2.75) is 12.7 Å². The van der Waals surface area contributed by atoms with Crippen LogP contribution in [0, 0.1) is 0 Å². The van der Waals surface area contributed by atoms with Crippen LogP contribution in [0.2, 0.25) is 5.02 Å². The second kappa shape index (κ2) is 7.17. The lowest BCUT2D eigenvalue weighted by Gasteiger charge is -2.07. The molecular weight excluding hydrogens is 371 g/mol. The van der Waals surface area contributed by atoms with Gasteiger partial charge in [0.15, 0.2) is 0 Å². The van der Waals surface area contributed by atoms with Gasteiger partial charge in [-0.15, -0.1) is 0 Å². The highest BCUT2D eigenvalue weighted by atomic mass is 35.5. The molecule has 1 heterocycles. The maximum Gasteiger partial charge on any atom is 0.416 e. The third-order valence-electron chi connectivity index (χ3n) is 3.43. The molecule has 0 bridgehead atoms. The number of hydrogen-bond donors (Lipinski definition) is 1. The maximum atomic E-state index is 12.5. The molecule has 1 aromatic heterocycles. The van der Waals surface area contributed by atoms with Gasteiger partial charge in [0.05, 0.1) is 12.1 Å². The summed E-state index contributed by atoms with van der Waals surface area (Å²) in [5.41, 5.74) is -0.0775. The van der Waals surface area contributed by atoms with Gasteiger partial charge in [0.25, 0.3) is 5.91 Å². The highest BCUT2D eigenvalue weighted by Gasteiger charge is 2.30. The molecule has 1 amide bonds. The van der Waals surface area contributed by atoms with Crippen LogP contribution in [0.4, 0.5) is 13.2 Å². The van der Waals surface area contributed by atoms with Crippen molar-refractivity contribution in [3.63, 3.8) is 0 Å². The summed E-state index contributed by atoms with van der Waals surface area (Å²) < 4.78 is 42.6. The minimum atomic E-state index is -4.45. The van der Waals surface area contributed by atoms with Gasteiger partial charge in [-0.05, 0) is 36.4 Å². The lowest BCUT2D eigenvalue weighted by molar-refractivity contribution is -0.137. The summed E-state index contributed by atoms with van der Waals surface area (Å²) in [6.45, 7) is -0.0621. The number of alkyl halides is 3. The Labute approximate surface area is 150 Å². The van der Waals surface area contributed by atoms with E-state index in [2.05, 4.69) is 15.5 Å². The molecule has 1 N–H and O–H groups in total. The van der Waals surface area contributed by atoms with Gasteiger partial charge in [0, 0.05) is 16.1 Å². The molecule has 0 aliphatic rings. The van der Waals surface area contributed by atoms with Crippen LogP contribution in [-0.2, 0) is 12.7 Å². The zero-order valence-electron chi connectivity index (χ0n) is 13.0. The molecule has 3 rings (SSSR count). The number of hydrogen-bond acceptors (Lipinski definition) is 4. The molecular formula is C17H11ClF3N3O2. The number of nitrogens with zero attached hydrogens (tertiary/aromatic N) is 2. The van der Waals surface area contributed by atoms with Crippen molar-refractivity contribution in [1.82, 2.24) is 15.5 Å². The molecule has 0 atom stereocenters. The van der Waals surface area contributed by atoms with Crippen LogP contribution >= 0.6 is 11.6 Å². The Balaban J connectivity index is 1.63. The molecule has 0 saturated carbocycles. The van der Waals surface area contributed by atoms with E-state index in [9.17, 15) is 18.0 Å². The SMILES string of the molecule is O=C(NCc1nc(-c2cccc(Cl)c2)no1)c1ccc(C(F)(F)F)cc1. The largest absolute Gasteiger partial charge is 0.416 e. The molecule has 134 valence electrons. The van der Waals surface area contributed by atoms with E-state index >= 15 is 0 Å². The van der Waals surface area contributed by atoms with E-state index in [0.717, 1.165) is 24.3 Å². The summed E-state index contributed by atoms with van der Waals surface area (Å²) in [5, 5.41) is 6.82. The summed E-state index contributed by atoms with van der Waals surface area (Å²) in [6.07, 6.45) is -4.45. The van der Waals surface area contributed by atoms with Crippen LogP contribution in [0.3, 0.4) is 0 Å². The highest BCUT2D eigenvalue weighted by Crippen LogP contribution is 2.29. The zero-order valence-corrected chi connectivity index (χ0v) is 13.8. The van der Waals surface area contributed by atoms with E-state index in [1.165, 1.54) is 0 Å². The molecule has 0 radical (unpaired) electrons. The zero-order chi connectivity index (χ0) is 18.7. The van der Waals surface area contributed by atoms with Crippen molar-refractivity contribution >= 4 is 17.5 Å². The van der Waals surface area contributed by atoms with E-state index in [-0.39, 0.29) is 18.0 Å². The lowest BCUT2D eigenvalue weighted by Crippen LogP contribution is -2.23. The van der Waals surface area contributed by atoms with Crippen LogP contribution in [0.25, 0.3) is 11.4 Å². The van der Waals surface area contributed by atoms with Gasteiger partial charge in [-0.1, -0.05) is 28.9 Å².